The van der Waals surface area contributed by atoms with E-state index in [9.17, 15) is 0 Å². The van der Waals surface area contributed by atoms with Crippen LogP contribution in [0.2, 0.25) is 0 Å². The van der Waals surface area contributed by atoms with Gasteiger partial charge in [-0.05, 0) is 25.8 Å². The van der Waals surface area contributed by atoms with Gasteiger partial charge in [-0.15, -0.1) is 0 Å². The highest BCUT2D eigenvalue weighted by molar-refractivity contribution is 5.79. The molecule has 0 amide bonds. The molecule has 2 aliphatic rings. The standard InChI is InChI=1S/C19H34N6O/c1-2-20-18(21-10-12-25-11-6-9-23-25)22-17-19(7-4-3-5-8-19)24-13-15-26-16-14-24/h6,9,11H,2-5,7-8,10,12-17H2,1H3,(H2,20,21,22). The minimum absolute atomic E-state index is 0.215. The Labute approximate surface area is 157 Å². The van der Waals surface area contributed by atoms with E-state index in [-0.39, 0.29) is 5.54 Å². The van der Waals surface area contributed by atoms with Crippen LogP contribution in [0.3, 0.4) is 0 Å². The molecule has 1 saturated carbocycles. The third-order valence-corrected chi connectivity index (χ3v) is 5.53. The second kappa shape index (κ2) is 9.92. The Morgan fingerprint density at radius 1 is 1.19 bits per heavy atom. The van der Waals surface area contributed by atoms with Crippen LogP contribution in [-0.4, -0.2) is 72.1 Å². The van der Waals surface area contributed by atoms with Crippen molar-refractivity contribution >= 4 is 5.96 Å². The average molecular weight is 363 g/mol. The third kappa shape index (κ3) is 5.20. The molecular weight excluding hydrogens is 328 g/mol. The first-order valence-corrected chi connectivity index (χ1v) is 10.1. The van der Waals surface area contributed by atoms with Gasteiger partial charge in [0.15, 0.2) is 5.96 Å². The van der Waals surface area contributed by atoms with Crippen LogP contribution < -0.4 is 10.6 Å². The van der Waals surface area contributed by atoms with Crippen molar-refractivity contribution in [3.05, 3.63) is 18.5 Å². The predicted octanol–water partition coefficient (Wildman–Crippen LogP) is 1.47. The van der Waals surface area contributed by atoms with Crippen molar-refractivity contribution < 1.29 is 4.74 Å². The van der Waals surface area contributed by atoms with Crippen molar-refractivity contribution in [2.24, 2.45) is 4.99 Å². The monoisotopic (exact) mass is 362 g/mol. The minimum Gasteiger partial charge on any atom is -0.379 e. The lowest BCUT2D eigenvalue weighted by molar-refractivity contribution is -0.0333. The first kappa shape index (κ1) is 19.2. The number of nitrogens with zero attached hydrogens (tertiary/aromatic N) is 4. The number of guanidine groups is 1. The van der Waals surface area contributed by atoms with Crippen molar-refractivity contribution in [3.8, 4) is 0 Å². The zero-order valence-electron chi connectivity index (χ0n) is 16.1. The van der Waals surface area contributed by atoms with Gasteiger partial charge in [-0.2, -0.15) is 5.10 Å². The van der Waals surface area contributed by atoms with E-state index in [1.54, 1.807) is 0 Å². The molecule has 3 rings (SSSR count). The Morgan fingerprint density at radius 3 is 2.69 bits per heavy atom. The van der Waals surface area contributed by atoms with E-state index in [1.807, 2.05) is 23.1 Å². The summed E-state index contributed by atoms with van der Waals surface area (Å²) in [7, 11) is 0. The minimum atomic E-state index is 0.215. The molecule has 0 aromatic carbocycles. The molecule has 1 aliphatic carbocycles. The lowest BCUT2D eigenvalue weighted by atomic mass is 9.80. The summed E-state index contributed by atoms with van der Waals surface area (Å²) in [5.74, 6) is 0.915. The Hall–Kier alpha value is -1.60. The second-order valence-electron chi connectivity index (χ2n) is 7.28. The molecule has 1 aliphatic heterocycles. The van der Waals surface area contributed by atoms with E-state index in [4.69, 9.17) is 9.73 Å². The van der Waals surface area contributed by atoms with Gasteiger partial charge in [-0.3, -0.25) is 14.6 Å². The topological polar surface area (TPSA) is 66.7 Å². The molecular formula is C19H34N6O. The van der Waals surface area contributed by atoms with Gasteiger partial charge in [0, 0.05) is 44.1 Å². The fourth-order valence-electron chi connectivity index (χ4n) is 4.11. The summed E-state index contributed by atoms with van der Waals surface area (Å²) in [6, 6.07) is 1.95. The molecule has 1 saturated heterocycles. The van der Waals surface area contributed by atoms with Crippen LogP contribution in [0.4, 0.5) is 0 Å². The zero-order chi connectivity index (χ0) is 18.1. The summed E-state index contributed by atoms with van der Waals surface area (Å²) in [5, 5.41) is 11.1. The summed E-state index contributed by atoms with van der Waals surface area (Å²) in [6.45, 7) is 9.30. The highest BCUT2D eigenvalue weighted by Gasteiger charge is 2.38. The largest absolute Gasteiger partial charge is 0.379 e. The number of rotatable bonds is 7. The van der Waals surface area contributed by atoms with Gasteiger partial charge in [0.25, 0.3) is 0 Å². The van der Waals surface area contributed by atoms with Crippen molar-refractivity contribution in [3.63, 3.8) is 0 Å². The molecule has 146 valence electrons. The van der Waals surface area contributed by atoms with E-state index in [0.29, 0.717) is 0 Å². The molecule has 0 unspecified atom stereocenters. The first-order chi connectivity index (χ1) is 12.8. The summed E-state index contributed by atoms with van der Waals surface area (Å²) >= 11 is 0. The molecule has 0 atom stereocenters. The quantitative estimate of drug-likeness (QED) is 0.568. The molecule has 7 nitrogen and oxygen atoms in total. The Bertz CT molecular complexity index is 532. The van der Waals surface area contributed by atoms with Gasteiger partial charge in [-0.25, -0.2) is 0 Å². The molecule has 0 spiro atoms. The molecule has 2 fully saturated rings. The van der Waals surface area contributed by atoms with Crippen LogP contribution >= 0.6 is 0 Å². The van der Waals surface area contributed by atoms with E-state index in [0.717, 1.165) is 58.4 Å². The molecule has 26 heavy (non-hydrogen) atoms. The van der Waals surface area contributed by atoms with Crippen LogP contribution in [0.15, 0.2) is 23.5 Å². The maximum Gasteiger partial charge on any atom is 0.191 e. The van der Waals surface area contributed by atoms with E-state index < -0.39 is 0 Å². The van der Waals surface area contributed by atoms with Crippen molar-refractivity contribution in [1.82, 2.24) is 25.3 Å². The normalized spacial score (nSPS) is 21.5. The molecule has 7 heteroatoms. The smallest absolute Gasteiger partial charge is 0.191 e. The van der Waals surface area contributed by atoms with E-state index >= 15 is 0 Å². The van der Waals surface area contributed by atoms with Crippen LogP contribution in [0.1, 0.15) is 39.0 Å². The predicted molar refractivity (Wildman–Crippen MR) is 104 cm³/mol. The Balaban J connectivity index is 1.60. The number of ether oxygens (including phenoxy) is 1. The Morgan fingerprint density at radius 2 is 2.00 bits per heavy atom. The lowest BCUT2D eigenvalue weighted by Crippen LogP contribution is -2.56. The third-order valence-electron chi connectivity index (χ3n) is 5.53. The highest BCUT2D eigenvalue weighted by atomic mass is 16.5. The van der Waals surface area contributed by atoms with E-state index in [2.05, 4.69) is 27.6 Å². The van der Waals surface area contributed by atoms with Gasteiger partial charge >= 0.3 is 0 Å². The van der Waals surface area contributed by atoms with Crippen LogP contribution in [0, 0.1) is 0 Å². The molecule has 2 heterocycles. The fraction of sp³-hybridized carbons (Fsp3) is 0.789. The summed E-state index contributed by atoms with van der Waals surface area (Å²) < 4.78 is 7.52. The zero-order valence-corrected chi connectivity index (χ0v) is 16.1. The number of aromatic nitrogens is 2. The maximum absolute atomic E-state index is 5.58. The SMILES string of the molecule is CCNC(=NCC1(N2CCOCC2)CCCCC1)NCCn1cccn1. The van der Waals surface area contributed by atoms with Gasteiger partial charge in [-0.1, -0.05) is 19.3 Å². The number of hydrogen-bond acceptors (Lipinski definition) is 4. The van der Waals surface area contributed by atoms with Crippen molar-refractivity contribution in [2.75, 3.05) is 45.9 Å². The lowest BCUT2D eigenvalue weighted by Gasteiger charge is -2.47. The molecule has 1 aromatic heterocycles. The maximum atomic E-state index is 5.58. The average Bonchev–Trinajstić information content (AvgIpc) is 3.21. The van der Waals surface area contributed by atoms with Crippen LogP contribution in [0.5, 0.6) is 0 Å². The van der Waals surface area contributed by atoms with Crippen LogP contribution in [0.25, 0.3) is 0 Å². The van der Waals surface area contributed by atoms with Crippen molar-refractivity contribution in [2.45, 2.75) is 51.1 Å². The van der Waals surface area contributed by atoms with Gasteiger partial charge in [0.2, 0.25) is 0 Å². The van der Waals surface area contributed by atoms with E-state index in [1.165, 1.54) is 32.1 Å². The molecule has 0 radical (unpaired) electrons. The van der Waals surface area contributed by atoms with Crippen LogP contribution in [-0.2, 0) is 11.3 Å². The summed E-state index contributed by atoms with van der Waals surface area (Å²) in [6.07, 6.45) is 10.3. The highest BCUT2D eigenvalue weighted by Crippen LogP contribution is 2.34. The molecule has 0 bridgehead atoms. The fourth-order valence-corrected chi connectivity index (χ4v) is 4.11. The summed E-state index contributed by atoms with van der Waals surface area (Å²) in [5.41, 5.74) is 0.215. The number of nitrogens with one attached hydrogen (secondary N) is 2. The number of hydrogen-bond donors (Lipinski definition) is 2. The second-order valence-corrected chi connectivity index (χ2v) is 7.28. The molecule has 2 N–H and O–H groups in total. The molecule has 1 aromatic rings. The van der Waals surface area contributed by atoms with Gasteiger partial charge in [0.05, 0.1) is 26.3 Å². The van der Waals surface area contributed by atoms with Crippen molar-refractivity contribution in [1.29, 1.82) is 0 Å². The Kier molecular flexibility index (Phi) is 7.32. The van der Waals surface area contributed by atoms with Gasteiger partial charge in [0.1, 0.15) is 0 Å². The number of aliphatic imine (C=N–C) groups is 1. The number of morpholine rings is 1. The first-order valence-electron chi connectivity index (χ1n) is 10.1. The summed E-state index contributed by atoms with van der Waals surface area (Å²) in [4.78, 5) is 7.63. The van der Waals surface area contributed by atoms with Gasteiger partial charge < -0.3 is 15.4 Å².